The summed E-state index contributed by atoms with van der Waals surface area (Å²) in [4.78, 5) is 0. The van der Waals surface area contributed by atoms with E-state index in [1.807, 2.05) is 18.2 Å². The first-order chi connectivity index (χ1) is 28.2. The zero-order valence-corrected chi connectivity index (χ0v) is 37.3. The Morgan fingerprint density at radius 1 is 0.339 bits per heavy atom. The minimum absolute atomic E-state index is 0. The fourth-order valence-corrected chi connectivity index (χ4v) is 15.6. The molecule has 292 valence electrons. The van der Waals surface area contributed by atoms with Gasteiger partial charge in [0.25, 0.3) is 0 Å². The van der Waals surface area contributed by atoms with Gasteiger partial charge >= 0.3 is 44.8 Å². The van der Waals surface area contributed by atoms with E-state index in [1.165, 1.54) is 71.6 Å². The Morgan fingerprint density at radius 2 is 0.678 bits per heavy atom. The molecule has 8 aromatic rings. The first kappa shape index (κ1) is 43.8. The standard InChI is InChI=1S/C25H22P2.2C15H9.2Ag/c1-5-13-22(14-6-1)26(23-15-7-2-8-16-23)21-27(24-17-9-3-10-18-24)25-19-11-4-12-20-25;1-2-11-7-8-15-13(9-11)10-12-5-3-4-6-14(12)15;1-2-11-7-8-13-10-12-5-3-4-6-14(12)15(13)9-11;;/h1-20H,21H2;2*3-9H,10H2;;/q;2*-1;2*+1/p+2. The van der Waals surface area contributed by atoms with Crippen LogP contribution in [-0.2, 0) is 57.6 Å². The van der Waals surface area contributed by atoms with Crippen molar-refractivity contribution in [3.63, 3.8) is 0 Å². The van der Waals surface area contributed by atoms with Gasteiger partial charge in [-0.2, -0.15) is 0 Å². The summed E-state index contributed by atoms with van der Waals surface area (Å²) >= 11 is 0. The van der Waals surface area contributed by atoms with E-state index in [-0.39, 0.29) is 44.8 Å². The van der Waals surface area contributed by atoms with Crippen LogP contribution in [0.5, 0.6) is 0 Å². The van der Waals surface area contributed by atoms with Crippen molar-refractivity contribution in [3.05, 3.63) is 252 Å². The first-order valence-corrected chi connectivity index (χ1v) is 22.8. The maximum atomic E-state index is 7.14. The van der Waals surface area contributed by atoms with E-state index < -0.39 is 15.8 Å². The summed E-state index contributed by atoms with van der Waals surface area (Å²) in [6, 6.07) is 73.6. The number of fused-ring (bicyclic) bond motifs is 6. The molecule has 10 rings (SSSR count). The van der Waals surface area contributed by atoms with Crippen molar-refractivity contribution >= 4 is 37.1 Å². The fourth-order valence-electron chi connectivity index (χ4n) is 7.90. The van der Waals surface area contributed by atoms with Crippen LogP contribution in [0.3, 0.4) is 0 Å². The molecule has 0 saturated heterocycles. The van der Waals surface area contributed by atoms with Crippen LogP contribution in [0, 0.1) is 24.7 Å². The van der Waals surface area contributed by atoms with Gasteiger partial charge in [0.1, 0.15) is 37.1 Å². The Kier molecular flexibility index (Phi) is 15.9. The fraction of sp³-hybridized carbons (Fsp3) is 0.0545. The molecule has 0 fully saturated rings. The molecule has 0 radical (unpaired) electrons. The summed E-state index contributed by atoms with van der Waals surface area (Å²) in [7, 11) is -1.69. The van der Waals surface area contributed by atoms with E-state index in [9.17, 15) is 0 Å². The quantitative estimate of drug-likeness (QED) is 0.0674. The van der Waals surface area contributed by atoms with Crippen LogP contribution in [0.15, 0.2) is 206 Å². The molecule has 0 heterocycles. The van der Waals surface area contributed by atoms with Crippen molar-refractivity contribution in [2.75, 3.05) is 5.90 Å². The summed E-state index contributed by atoms with van der Waals surface area (Å²) in [6.45, 7) is 0. The average molecular weight is 981 g/mol. The van der Waals surface area contributed by atoms with Crippen molar-refractivity contribution in [1.29, 1.82) is 0 Å². The summed E-state index contributed by atoms with van der Waals surface area (Å²) in [5, 5.41) is 6.01. The van der Waals surface area contributed by atoms with Gasteiger partial charge in [0.15, 0.2) is 5.90 Å². The Bertz CT molecular complexity index is 2520. The van der Waals surface area contributed by atoms with E-state index >= 15 is 0 Å². The zero-order valence-electron chi connectivity index (χ0n) is 32.4. The average Bonchev–Trinajstić information content (AvgIpc) is 3.86. The molecule has 0 aliphatic heterocycles. The summed E-state index contributed by atoms with van der Waals surface area (Å²) in [5.41, 5.74) is 12.4. The summed E-state index contributed by atoms with van der Waals surface area (Å²) in [5.74, 6) is 6.12. The predicted molar refractivity (Wildman–Crippen MR) is 248 cm³/mol. The zero-order chi connectivity index (χ0) is 38.8. The van der Waals surface area contributed by atoms with Crippen LogP contribution in [-0.4, -0.2) is 5.90 Å². The van der Waals surface area contributed by atoms with Gasteiger partial charge in [-0.3, -0.25) is 11.8 Å². The first-order valence-electron chi connectivity index (χ1n) is 19.4. The third-order valence-corrected chi connectivity index (χ3v) is 17.7. The van der Waals surface area contributed by atoms with Gasteiger partial charge in [0.2, 0.25) is 0 Å². The molecule has 0 bridgehead atoms. The molecule has 0 aromatic heterocycles. The van der Waals surface area contributed by atoms with E-state index in [4.69, 9.17) is 12.8 Å². The molecule has 59 heavy (non-hydrogen) atoms. The molecule has 2 aliphatic carbocycles. The van der Waals surface area contributed by atoms with Gasteiger partial charge in [0.05, 0.1) is 0 Å². The SMILES string of the molecule is [Ag+].[Ag+].[C-]#Cc1ccc2c(c1)-c1ccccc1C2.[C-]#Cc1ccc2c(c1)Cc1ccccc1-2.c1ccc([PH+](C[PH+](c2ccccc2)c2ccccc2)c2ccccc2)cc1. The second kappa shape index (κ2) is 21.5. The van der Waals surface area contributed by atoms with Gasteiger partial charge in [-0.15, -0.1) is 35.4 Å². The van der Waals surface area contributed by atoms with Crippen molar-refractivity contribution in [2.45, 2.75) is 12.8 Å². The van der Waals surface area contributed by atoms with Crippen molar-refractivity contribution in [3.8, 4) is 34.1 Å². The monoisotopic (exact) mass is 978 g/mol. The summed E-state index contributed by atoms with van der Waals surface area (Å²) in [6.07, 6.45) is 16.3. The van der Waals surface area contributed by atoms with Gasteiger partial charge in [-0.1, -0.05) is 139 Å². The molecule has 8 aromatic carbocycles. The summed E-state index contributed by atoms with van der Waals surface area (Å²) < 4.78 is 0. The largest absolute Gasteiger partial charge is 1.00 e. The van der Waals surface area contributed by atoms with Crippen molar-refractivity contribution in [1.82, 2.24) is 0 Å². The molecular formula is C55H42Ag2P2+2. The Balaban J connectivity index is 0.000000156. The van der Waals surface area contributed by atoms with Crippen molar-refractivity contribution < 1.29 is 44.8 Å². The van der Waals surface area contributed by atoms with Crippen molar-refractivity contribution in [2.24, 2.45) is 0 Å². The molecule has 0 atom stereocenters. The second-order valence-electron chi connectivity index (χ2n) is 14.3. The minimum atomic E-state index is -0.847. The molecular weight excluding hydrogens is 938 g/mol. The Labute approximate surface area is 384 Å². The van der Waals surface area contributed by atoms with Crippen LogP contribution < -0.4 is 21.2 Å². The second-order valence-corrected chi connectivity index (χ2v) is 19.9. The molecule has 2 aliphatic rings. The van der Waals surface area contributed by atoms with Crippen LogP contribution in [0.2, 0.25) is 0 Å². The van der Waals surface area contributed by atoms with Gasteiger partial charge in [-0.25, -0.2) is 0 Å². The van der Waals surface area contributed by atoms with Crippen LogP contribution in [0.1, 0.15) is 33.4 Å². The molecule has 0 unspecified atom stereocenters. The van der Waals surface area contributed by atoms with Gasteiger partial charge in [-0.05, 0) is 100 Å². The van der Waals surface area contributed by atoms with Crippen LogP contribution >= 0.6 is 15.8 Å². The normalized spacial score (nSPS) is 11.0. The Hall–Kier alpha value is -4.78. The molecule has 0 saturated carbocycles. The maximum absolute atomic E-state index is 7.14. The molecule has 4 heteroatoms. The number of hydrogen-bond acceptors (Lipinski definition) is 0. The number of rotatable bonds is 6. The van der Waals surface area contributed by atoms with Gasteiger partial charge in [0, 0.05) is 0 Å². The van der Waals surface area contributed by atoms with Gasteiger partial charge < -0.3 is 12.8 Å². The third-order valence-electron chi connectivity index (χ3n) is 10.7. The minimum Gasteiger partial charge on any atom is -0.366 e. The third kappa shape index (κ3) is 10.5. The van der Waals surface area contributed by atoms with Crippen LogP contribution in [0.4, 0.5) is 0 Å². The van der Waals surface area contributed by atoms with Crippen LogP contribution in [0.25, 0.3) is 22.3 Å². The molecule has 0 amide bonds. The topological polar surface area (TPSA) is 0 Å². The number of benzene rings is 8. The van der Waals surface area contributed by atoms with E-state index in [1.54, 1.807) is 0 Å². The molecule has 0 spiro atoms. The molecule has 0 nitrogen and oxygen atoms in total. The molecule has 0 N–H and O–H groups in total. The maximum Gasteiger partial charge on any atom is 1.00 e. The van der Waals surface area contributed by atoms with E-state index in [0.717, 1.165) is 24.0 Å². The number of hydrogen-bond donors (Lipinski definition) is 0. The smallest absolute Gasteiger partial charge is 0.366 e. The van der Waals surface area contributed by atoms with E-state index in [2.05, 4.69) is 200 Å². The van der Waals surface area contributed by atoms with E-state index in [0.29, 0.717) is 0 Å². The predicted octanol–water partition coefficient (Wildman–Crippen LogP) is 11.1. The Morgan fingerprint density at radius 3 is 1.14 bits per heavy atom.